The highest BCUT2D eigenvalue weighted by molar-refractivity contribution is 5.85. The Bertz CT molecular complexity index is 1310. The Morgan fingerprint density at radius 1 is 1.16 bits per heavy atom. The van der Waals surface area contributed by atoms with E-state index < -0.39 is 22.1 Å². The summed E-state index contributed by atoms with van der Waals surface area (Å²) < 4.78 is 6.14. The maximum atomic E-state index is 12.5. The molecule has 10 heteroatoms. The summed E-state index contributed by atoms with van der Waals surface area (Å²) in [6, 6.07) is 7.49. The number of hydrogen-bond acceptors (Lipinski definition) is 7. The molecule has 0 fully saturated rings. The van der Waals surface area contributed by atoms with Crippen molar-refractivity contribution < 1.29 is 14.8 Å². The number of hydrogen-bond donors (Lipinski definition) is 2. The molecule has 0 saturated heterocycles. The molecule has 0 amide bonds. The lowest BCUT2D eigenvalue weighted by atomic mass is 10.0. The summed E-state index contributed by atoms with van der Waals surface area (Å²) in [5.74, 6) is -0.367. The standard InChI is InChI=1S/C21H20N4O6/c1-11-7-12(2)18(13(3)8-11)24-20(27)15(19(26)23-21(24)28)10-22-16-9-14(25(29)30)5-6-17(16)31-4/h5-10,27H,1-4H3,(H,23,26,28). The fourth-order valence-corrected chi connectivity index (χ4v) is 3.41. The number of aromatic amines is 1. The van der Waals surface area contributed by atoms with Gasteiger partial charge in [0.1, 0.15) is 17.0 Å². The number of H-pyrrole nitrogens is 1. The van der Waals surface area contributed by atoms with Crippen LogP contribution in [0.3, 0.4) is 0 Å². The first-order chi connectivity index (χ1) is 14.6. The number of nitrogens with zero attached hydrogens (tertiary/aromatic N) is 3. The van der Waals surface area contributed by atoms with Crippen molar-refractivity contribution in [3.8, 4) is 17.3 Å². The van der Waals surface area contributed by atoms with Gasteiger partial charge in [-0.2, -0.15) is 0 Å². The minimum absolute atomic E-state index is 0.0796. The van der Waals surface area contributed by atoms with Crippen LogP contribution in [0, 0.1) is 30.9 Å². The Morgan fingerprint density at radius 2 is 1.81 bits per heavy atom. The number of aromatic hydroxyl groups is 1. The number of aliphatic imine (C=N–C) groups is 1. The second kappa shape index (κ2) is 8.27. The molecule has 0 bridgehead atoms. The van der Waals surface area contributed by atoms with Crippen molar-refractivity contribution >= 4 is 17.6 Å². The van der Waals surface area contributed by atoms with E-state index in [0.717, 1.165) is 27.5 Å². The van der Waals surface area contributed by atoms with E-state index in [-0.39, 0.29) is 22.7 Å². The first-order valence-corrected chi connectivity index (χ1v) is 9.17. The van der Waals surface area contributed by atoms with Crippen LogP contribution in [0.5, 0.6) is 11.6 Å². The van der Waals surface area contributed by atoms with E-state index in [4.69, 9.17) is 4.74 Å². The van der Waals surface area contributed by atoms with Gasteiger partial charge >= 0.3 is 5.69 Å². The Kier molecular flexibility index (Phi) is 5.73. The van der Waals surface area contributed by atoms with Gasteiger partial charge in [-0.1, -0.05) is 17.7 Å². The van der Waals surface area contributed by atoms with Gasteiger partial charge < -0.3 is 9.84 Å². The lowest BCUT2D eigenvalue weighted by molar-refractivity contribution is -0.384. The lowest BCUT2D eigenvalue weighted by Crippen LogP contribution is -2.32. The average molecular weight is 424 g/mol. The summed E-state index contributed by atoms with van der Waals surface area (Å²) >= 11 is 0. The number of nitrogens with one attached hydrogen (secondary N) is 1. The molecule has 0 aliphatic carbocycles. The van der Waals surface area contributed by atoms with E-state index in [1.807, 2.05) is 19.1 Å². The first-order valence-electron chi connectivity index (χ1n) is 9.17. The number of ether oxygens (including phenoxy) is 1. The first kappa shape index (κ1) is 21.5. The third-order valence-electron chi connectivity index (χ3n) is 4.69. The topological polar surface area (TPSA) is 140 Å². The monoisotopic (exact) mass is 424 g/mol. The van der Waals surface area contributed by atoms with Crippen molar-refractivity contribution in [3.63, 3.8) is 0 Å². The lowest BCUT2D eigenvalue weighted by Gasteiger charge is -2.15. The van der Waals surface area contributed by atoms with Crippen LogP contribution >= 0.6 is 0 Å². The van der Waals surface area contributed by atoms with Gasteiger partial charge in [-0.05, 0) is 38.0 Å². The zero-order valence-electron chi connectivity index (χ0n) is 17.3. The van der Waals surface area contributed by atoms with Gasteiger partial charge in [0.25, 0.3) is 11.2 Å². The van der Waals surface area contributed by atoms with Crippen molar-refractivity contribution in [2.45, 2.75) is 20.8 Å². The molecule has 1 aromatic heterocycles. The smallest absolute Gasteiger partial charge is 0.335 e. The van der Waals surface area contributed by atoms with Gasteiger partial charge in [-0.25, -0.2) is 9.36 Å². The molecule has 2 aromatic carbocycles. The number of benzene rings is 2. The fraction of sp³-hybridized carbons (Fsp3) is 0.190. The number of non-ortho nitro benzene ring substituents is 1. The van der Waals surface area contributed by atoms with E-state index >= 15 is 0 Å². The van der Waals surface area contributed by atoms with Crippen LogP contribution < -0.4 is 16.0 Å². The third-order valence-corrected chi connectivity index (χ3v) is 4.69. The van der Waals surface area contributed by atoms with Crippen LogP contribution in [0.2, 0.25) is 0 Å². The molecule has 0 unspecified atom stereocenters. The van der Waals surface area contributed by atoms with Crippen molar-refractivity contribution in [2.24, 2.45) is 4.99 Å². The van der Waals surface area contributed by atoms with Gasteiger partial charge in [0, 0.05) is 18.3 Å². The molecule has 0 aliphatic rings. The molecule has 31 heavy (non-hydrogen) atoms. The predicted octanol–water partition coefficient (Wildman–Crippen LogP) is 2.82. The molecule has 160 valence electrons. The number of aryl methyl sites for hydroxylation is 3. The summed E-state index contributed by atoms with van der Waals surface area (Å²) in [4.78, 5) is 41.6. The highest BCUT2D eigenvalue weighted by Gasteiger charge is 2.18. The predicted molar refractivity (Wildman–Crippen MR) is 115 cm³/mol. The molecule has 0 atom stereocenters. The molecule has 0 radical (unpaired) electrons. The maximum absolute atomic E-state index is 12.5. The number of aromatic nitrogens is 2. The zero-order chi connectivity index (χ0) is 22.9. The molecular formula is C21H20N4O6. The van der Waals surface area contributed by atoms with E-state index in [2.05, 4.69) is 9.98 Å². The molecule has 0 spiro atoms. The van der Waals surface area contributed by atoms with Crippen molar-refractivity contribution in [1.82, 2.24) is 9.55 Å². The zero-order valence-corrected chi connectivity index (χ0v) is 17.3. The molecule has 10 nitrogen and oxygen atoms in total. The SMILES string of the molecule is COc1ccc([N+](=O)[O-])cc1N=Cc1c(O)n(-c2c(C)cc(C)cc2C)c(=O)[nH]c1=O. The molecule has 3 rings (SSSR count). The Balaban J connectivity index is 2.21. The second-order valence-corrected chi connectivity index (χ2v) is 6.95. The minimum atomic E-state index is -0.852. The van der Waals surface area contributed by atoms with Crippen LogP contribution in [0.1, 0.15) is 22.3 Å². The maximum Gasteiger partial charge on any atom is 0.335 e. The number of methoxy groups -OCH3 is 1. The highest BCUT2D eigenvalue weighted by Crippen LogP contribution is 2.31. The van der Waals surface area contributed by atoms with E-state index in [0.29, 0.717) is 5.69 Å². The van der Waals surface area contributed by atoms with Crippen LogP contribution in [0.4, 0.5) is 11.4 Å². The summed E-state index contributed by atoms with van der Waals surface area (Å²) in [6.45, 7) is 5.48. The molecule has 0 saturated carbocycles. The summed E-state index contributed by atoms with van der Waals surface area (Å²) in [5, 5.41) is 21.8. The minimum Gasteiger partial charge on any atom is -0.494 e. The summed E-state index contributed by atoms with van der Waals surface area (Å²) in [5.41, 5.74) is 0.792. The Morgan fingerprint density at radius 3 is 2.39 bits per heavy atom. The van der Waals surface area contributed by atoms with Gasteiger partial charge in [0.05, 0.1) is 17.7 Å². The van der Waals surface area contributed by atoms with E-state index in [9.17, 15) is 24.8 Å². The highest BCUT2D eigenvalue weighted by atomic mass is 16.6. The number of nitro groups is 1. The molecule has 3 aromatic rings. The van der Waals surface area contributed by atoms with Crippen molar-refractivity contribution in [3.05, 3.63) is 83.5 Å². The van der Waals surface area contributed by atoms with Crippen LogP contribution in [-0.4, -0.2) is 32.9 Å². The van der Waals surface area contributed by atoms with Gasteiger partial charge in [0.15, 0.2) is 0 Å². The average Bonchev–Trinajstić information content (AvgIpc) is 2.69. The van der Waals surface area contributed by atoms with Gasteiger partial charge in [0.2, 0.25) is 5.88 Å². The van der Waals surface area contributed by atoms with E-state index in [1.165, 1.54) is 25.3 Å². The largest absolute Gasteiger partial charge is 0.494 e. The summed E-state index contributed by atoms with van der Waals surface area (Å²) in [7, 11) is 1.37. The van der Waals surface area contributed by atoms with Crippen LogP contribution in [0.25, 0.3) is 5.69 Å². The normalized spacial score (nSPS) is 11.1. The molecule has 2 N–H and O–H groups in total. The fourth-order valence-electron chi connectivity index (χ4n) is 3.41. The van der Waals surface area contributed by atoms with Crippen LogP contribution in [0.15, 0.2) is 44.9 Å². The summed E-state index contributed by atoms with van der Waals surface area (Å²) in [6.07, 6.45) is 1.03. The van der Waals surface area contributed by atoms with Crippen molar-refractivity contribution in [2.75, 3.05) is 7.11 Å². The molecule has 0 aliphatic heterocycles. The number of nitro benzene ring substituents is 1. The van der Waals surface area contributed by atoms with E-state index in [1.54, 1.807) is 13.8 Å². The quantitative estimate of drug-likeness (QED) is 0.367. The second-order valence-electron chi connectivity index (χ2n) is 6.95. The van der Waals surface area contributed by atoms with Gasteiger partial charge in [-0.15, -0.1) is 0 Å². The Hall–Kier alpha value is -4.21. The van der Waals surface area contributed by atoms with Crippen LogP contribution in [-0.2, 0) is 0 Å². The number of rotatable bonds is 5. The molecule has 1 heterocycles. The van der Waals surface area contributed by atoms with Crippen molar-refractivity contribution in [1.29, 1.82) is 0 Å². The molecular weight excluding hydrogens is 404 g/mol. The third kappa shape index (κ3) is 4.08. The Labute approximate surface area is 176 Å². The van der Waals surface area contributed by atoms with Gasteiger partial charge in [-0.3, -0.25) is 24.9 Å².